The van der Waals surface area contributed by atoms with Crippen molar-refractivity contribution in [3.05, 3.63) is 66.1 Å². The average molecular weight is 334 g/mol. The lowest BCUT2D eigenvalue weighted by molar-refractivity contribution is 0.336. The SMILES string of the molecule is CCOc1ccccc1CCNc1cc(C)nc(-c2cccnc2)n1. The molecule has 0 aliphatic carbocycles. The molecule has 0 fully saturated rings. The van der Waals surface area contributed by atoms with Crippen molar-refractivity contribution in [2.45, 2.75) is 20.3 Å². The molecule has 3 rings (SSSR count). The number of benzene rings is 1. The highest BCUT2D eigenvalue weighted by atomic mass is 16.5. The van der Waals surface area contributed by atoms with Gasteiger partial charge in [-0.2, -0.15) is 0 Å². The molecule has 0 aliphatic rings. The number of rotatable bonds is 7. The molecule has 0 atom stereocenters. The largest absolute Gasteiger partial charge is 0.494 e. The number of anilines is 1. The van der Waals surface area contributed by atoms with E-state index < -0.39 is 0 Å². The molecule has 1 N–H and O–H groups in total. The second kappa shape index (κ2) is 8.24. The zero-order valence-electron chi connectivity index (χ0n) is 14.6. The minimum absolute atomic E-state index is 0.671. The second-order valence-corrected chi connectivity index (χ2v) is 5.68. The average Bonchev–Trinajstić information content (AvgIpc) is 2.64. The molecule has 128 valence electrons. The molecule has 2 heterocycles. The Labute approximate surface area is 148 Å². The highest BCUT2D eigenvalue weighted by molar-refractivity contribution is 5.56. The first-order chi connectivity index (χ1) is 12.3. The van der Waals surface area contributed by atoms with Gasteiger partial charge in [-0.05, 0) is 44.0 Å². The first kappa shape index (κ1) is 16.9. The molecular weight excluding hydrogens is 312 g/mol. The van der Waals surface area contributed by atoms with E-state index in [-0.39, 0.29) is 0 Å². The normalized spacial score (nSPS) is 10.5. The van der Waals surface area contributed by atoms with Crippen LogP contribution in [0.25, 0.3) is 11.4 Å². The standard InChI is InChI=1S/C20H22N4O/c1-3-25-18-9-5-4-7-16(18)10-12-22-19-13-15(2)23-20(24-19)17-8-6-11-21-14-17/h4-9,11,13-14H,3,10,12H2,1-2H3,(H,22,23,24). The molecular formula is C20H22N4O. The number of pyridine rings is 1. The summed E-state index contributed by atoms with van der Waals surface area (Å²) in [5.74, 6) is 2.45. The van der Waals surface area contributed by atoms with Crippen molar-refractivity contribution in [3.8, 4) is 17.1 Å². The van der Waals surface area contributed by atoms with E-state index in [1.54, 1.807) is 12.4 Å². The van der Waals surface area contributed by atoms with E-state index >= 15 is 0 Å². The molecule has 25 heavy (non-hydrogen) atoms. The van der Waals surface area contributed by atoms with Crippen LogP contribution in [0.5, 0.6) is 5.75 Å². The third kappa shape index (κ3) is 4.53. The molecule has 0 amide bonds. The number of aromatic nitrogens is 3. The molecule has 0 aliphatic heterocycles. The van der Waals surface area contributed by atoms with Crippen LogP contribution in [0.3, 0.4) is 0 Å². The van der Waals surface area contributed by atoms with Crippen LogP contribution in [0.15, 0.2) is 54.9 Å². The summed E-state index contributed by atoms with van der Waals surface area (Å²) in [4.78, 5) is 13.2. The van der Waals surface area contributed by atoms with Gasteiger partial charge in [0.05, 0.1) is 6.61 Å². The van der Waals surface area contributed by atoms with E-state index in [4.69, 9.17) is 4.74 Å². The Morgan fingerprint density at radius 1 is 1.08 bits per heavy atom. The van der Waals surface area contributed by atoms with Gasteiger partial charge in [0.15, 0.2) is 5.82 Å². The van der Waals surface area contributed by atoms with Gasteiger partial charge in [0.25, 0.3) is 0 Å². The third-order valence-corrected chi connectivity index (χ3v) is 3.75. The summed E-state index contributed by atoms with van der Waals surface area (Å²) >= 11 is 0. The molecule has 5 nitrogen and oxygen atoms in total. The van der Waals surface area contributed by atoms with Gasteiger partial charge in [-0.15, -0.1) is 0 Å². The summed E-state index contributed by atoms with van der Waals surface area (Å²) in [5, 5.41) is 3.39. The van der Waals surface area contributed by atoms with E-state index in [9.17, 15) is 0 Å². The maximum absolute atomic E-state index is 5.68. The van der Waals surface area contributed by atoms with E-state index in [2.05, 4.69) is 26.3 Å². The van der Waals surface area contributed by atoms with Crippen LogP contribution in [0, 0.1) is 6.92 Å². The van der Waals surface area contributed by atoms with Crippen molar-refractivity contribution in [2.75, 3.05) is 18.5 Å². The lowest BCUT2D eigenvalue weighted by Gasteiger charge is -2.11. The smallest absolute Gasteiger partial charge is 0.163 e. The topological polar surface area (TPSA) is 59.9 Å². The summed E-state index contributed by atoms with van der Waals surface area (Å²) in [5.41, 5.74) is 3.03. The van der Waals surface area contributed by atoms with Crippen molar-refractivity contribution in [1.82, 2.24) is 15.0 Å². The Hall–Kier alpha value is -2.95. The fraction of sp³-hybridized carbons (Fsp3) is 0.250. The molecule has 2 aromatic heterocycles. The summed E-state index contributed by atoms with van der Waals surface area (Å²) in [7, 11) is 0. The molecule has 0 unspecified atom stereocenters. The zero-order chi connectivity index (χ0) is 17.5. The first-order valence-electron chi connectivity index (χ1n) is 8.47. The maximum atomic E-state index is 5.68. The molecule has 1 aromatic carbocycles. The summed E-state index contributed by atoms with van der Waals surface area (Å²) in [6.45, 7) is 5.41. The Morgan fingerprint density at radius 3 is 2.76 bits per heavy atom. The van der Waals surface area contributed by atoms with Gasteiger partial charge in [-0.25, -0.2) is 9.97 Å². The predicted molar refractivity (Wildman–Crippen MR) is 99.8 cm³/mol. The summed E-state index contributed by atoms with van der Waals surface area (Å²) in [6.07, 6.45) is 4.38. The molecule has 0 saturated heterocycles. The number of nitrogens with zero attached hydrogens (tertiary/aromatic N) is 3. The van der Waals surface area contributed by atoms with E-state index in [1.807, 2.05) is 50.2 Å². The van der Waals surface area contributed by atoms with Crippen LogP contribution >= 0.6 is 0 Å². The van der Waals surface area contributed by atoms with Crippen LogP contribution in [-0.4, -0.2) is 28.1 Å². The molecule has 0 spiro atoms. The Bertz CT molecular complexity index is 821. The monoisotopic (exact) mass is 334 g/mol. The van der Waals surface area contributed by atoms with E-state index in [0.29, 0.717) is 12.4 Å². The van der Waals surface area contributed by atoms with Crippen LogP contribution in [-0.2, 0) is 6.42 Å². The van der Waals surface area contributed by atoms with Crippen molar-refractivity contribution >= 4 is 5.82 Å². The third-order valence-electron chi connectivity index (χ3n) is 3.75. The molecule has 0 saturated carbocycles. The lowest BCUT2D eigenvalue weighted by atomic mass is 10.1. The van der Waals surface area contributed by atoms with Gasteiger partial charge in [0.2, 0.25) is 0 Å². The Morgan fingerprint density at radius 2 is 1.96 bits per heavy atom. The van der Waals surface area contributed by atoms with Crippen molar-refractivity contribution in [3.63, 3.8) is 0 Å². The van der Waals surface area contributed by atoms with Crippen molar-refractivity contribution < 1.29 is 4.74 Å². The quantitative estimate of drug-likeness (QED) is 0.710. The molecule has 3 aromatic rings. The van der Waals surface area contributed by atoms with Crippen molar-refractivity contribution in [1.29, 1.82) is 0 Å². The summed E-state index contributed by atoms with van der Waals surface area (Å²) in [6, 6.07) is 13.9. The summed E-state index contributed by atoms with van der Waals surface area (Å²) < 4.78 is 5.68. The zero-order valence-corrected chi connectivity index (χ0v) is 14.6. The maximum Gasteiger partial charge on any atom is 0.163 e. The predicted octanol–water partition coefficient (Wildman–Crippen LogP) is 3.90. The fourth-order valence-electron chi connectivity index (χ4n) is 2.62. The lowest BCUT2D eigenvalue weighted by Crippen LogP contribution is -2.09. The molecule has 5 heteroatoms. The minimum atomic E-state index is 0.671. The van der Waals surface area contributed by atoms with Crippen LogP contribution in [0.2, 0.25) is 0 Å². The van der Waals surface area contributed by atoms with Gasteiger partial charge < -0.3 is 10.1 Å². The minimum Gasteiger partial charge on any atom is -0.494 e. The Balaban J connectivity index is 1.69. The van der Waals surface area contributed by atoms with Gasteiger partial charge in [0.1, 0.15) is 11.6 Å². The van der Waals surface area contributed by atoms with Gasteiger partial charge in [0, 0.05) is 36.3 Å². The first-order valence-corrected chi connectivity index (χ1v) is 8.47. The second-order valence-electron chi connectivity index (χ2n) is 5.68. The van der Waals surface area contributed by atoms with Crippen LogP contribution < -0.4 is 10.1 Å². The van der Waals surface area contributed by atoms with Crippen LogP contribution in [0.1, 0.15) is 18.2 Å². The number of hydrogen-bond donors (Lipinski definition) is 1. The number of aryl methyl sites for hydroxylation is 1. The number of hydrogen-bond acceptors (Lipinski definition) is 5. The van der Waals surface area contributed by atoms with Crippen LogP contribution in [0.4, 0.5) is 5.82 Å². The van der Waals surface area contributed by atoms with E-state index in [1.165, 1.54) is 5.56 Å². The number of para-hydroxylation sites is 1. The van der Waals surface area contributed by atoms with Crippen molar-refractivity contribution in [2.24, 2.45) is 0 Å². The number of ether oxygens (including phenoxy) is 1. The highest BCUT2D eigenvalue weighted by Crippen LogP contribution is 2.19. The van der Waals surface area contributed by atoms with Gasteiger partial charge in [-0.3, -0.25) is 4.98 Å². The molecule has 0 radical (unpaired) electrons. The highest BCUT2D eigenvalue weighted by Gasteiger charge is 2.06. The Kier molecular flexibility index (Phi) is 5.57. The number of nitrogens with one attached hydrogen (secondary N) is 1. The fourth-order valence-corrected chi connectivity index (χ4v) is 2.62. The van der Waals surface area contributed by atoms with Gasteiger partial charge >= 0.3 is 0 Å². The van der Waals surface area contributed by atoms with Gasteiger partial charge in [-0.1, -0.05) is 18.2 Å². The molecule has 0 bridgehead atoms. The van der Waals surface area contributed by atoms with E-state index in [0.717, 1.165) is 35.8 Å².